The molecule has 204 valence electrons. The number of hydrogen-bond acceptors (Lipinski definition) is 8. The van der Waals surface area contributed by atoms with Crippen LogP contribution in [0.4, 0.5) is 18.9 Å². The zero-order valence-corrected chi connectivity index (χ0v) is 21.6. The molecule has 2 N–H and O–H groups in total. The maximum absolute atomic E-state index is 13.8. The Hall–Kier alpha value is -5.23. The van der Waals surface area contributed by atoms with E-state index in [1.807, 2.05) is 66.7 Å². The fourth-order valence-electron chi connectivity index (χ4n) is 4.40. The molecule has 8 nitrogen and oxygen atoms in total. The number of ketones is 1. The Bertz CT molecular complexity index is 1890. The van der Waals surface area contributed by atoms with Gasteiger partial charge >= 0.3 is 12.1 Å². The van der Waals surface area contributed by atoms with Crippen LogP contribution in [-0.2, 0) is 0 Å². The van der Waals surface area contributed by atoms with Gasteiger partial charge in [0.2, 0.25) is 5.69 Å². The Balaban J connectivity index is 1.47. The van der Waals surface area contributed by atoms with Gasteiger partial charge in [0.25, 0.3) is 5.78 Å². The van der Waals surface area contributed by atoms with Crippen molar-refractivity contribution in [2.24, 2.45) is 0 Å². The van der Waals surface area contributed by atoms with Gasteiger partial charge in [-0.05, 0) is 34.0 Å². The molecule has 3 heterocycles. The summed E-state index contributed by atoms with van der Waals surface area (Å²) >= 11 is 1.02. The van der Waals surface area contributed by atoms with Gasteiger partial charge in [-0.3, -0.25) is 4.79 Å². The highest BCUT2D eigenvalue weighted by molar-refractivity contribution is 7.21. The SMILES string of the molecule is Nc1c(C(=O)c2c([O-])on[n+]2-c2ccc(OC(F)(F)F)cc2)sc2nc(-c3ccccc3)cc(-c3ccccc3)c12. The third kappa shape index (κ3) is 4.96. The number of nitrogen functional groups attached to an aromatic ring is 1. The second-order valence-corrected chi connectivity index (χ2v) is 9.80. The standard InChI is InChI=1S/C29H17F3N4O4S/c30-29(31,32)39-19-13-11-18(12-14-19)36-24(28(38)40-35-36)25(37)26-23(33)22-20(16-7-3-1-4-8-16)15-21(34-27(22)41-26)17-9-5-2-6-10-17/h1-15H,(H2-,33,35,37,38). The lowest BCUT2D eigenvalue weighted by Gasteiger charge is -2.09. The Morgan fingerprint density at radius 3 is 2.22 bits per heavy atom. The first kappa shape index (κ1) is 26.0. The average Bonchev–Trinajstić information content (AvgIpc) is 3.52. The largest absolute Gasteiger partial charge is 0.573 e. The molecule has 6 aromatic rings. The van der Waals surface area contributed by atoms with E-state index in [-0.39, 0.29) is 16.3 Å². The number of rotatable bonds is 6. The number of aromatic nitrogens is 3. The molecule has 0 aliphatic carbocycles. The molecule has 0 unspecified atom stereocenters. The van der Waals surface area contributed by atoms with E-state index in [0.717, 1.165) is 44.8 Å². The molecule has 0 atom stereocenters. The maximum atomic E-state index is 13.8. The van der Waals surface area contributed by atoms with Crippen LogP contribution in [0, 0.1) is 0 Å². The van der Waals surface area contributed by atoms with Gasteiger partial charge in [-0.1, -0.05) is 60.7 Å². The summed E-state index contributed by atoms with van der Waals surface area (Å²) in [5, 5.41) is 16.8. The molecule has 41 heavy (non-hydrogen) atoms. The van der Waals surface area contributed by atoms with Crippen molar-refractivity contribution in [3.05, 3.63) is 102 Å². The molecule has 0 amide bonds. The maximum Gasteiger partial charge on any atom is 0.573 e. The van der Waals surface area contributed by atoms with Gasteiger partial charge in [0.1, 0.15) is 15.5 Å². The van der Waals surface area contributed by atoms with Gasteiger partial charge in [-0.15, -0.1) is 24.5 Å². The lowest BCUT2D eigenvalue weighted by atomic mass is 9.99. The first-order valence-corrected chi connectivity index (χ1v) is 12.8. The minimum Gasteiger partial charge on any atom is -0.539 e. The minimum absolute atomic E-state index is 0.0426. The van der Waals surface area contributed by atoms with E-state index in [4.69, 9.17) is 15.2 Å². The van der Waals surface area contributed by atoms with Crippen LogP contribution in [0.2, 0.25) is 0 Å². The topological polar surface area (TPSA) is 118 Å². The van der Waals surface area contributed by atoms with Crippen LogP contribution in [0.1, 0.15) is 15.4 Å². The summed E-state index contributed by atoms with van der Waals surface area (Å²) in [7, 11) is 0. The molecule has 0 bridgehead atoms. The number of alkyl halides is 3. The van der Waals surface area contributed by atoms with Crippen LogP contribution in [0.5, 0.6) is 11.7 Å². The monoisotopic (exact) mass is 574 g/mol. The Morgan fingerprint density at radius 2 is 1.59 bits per heavy atom. The number of benzene rings is 3. The number of carbonyl (C=O) groups excluding carboxylic acids is 1. The van der Waals surface area contributed by atoms with Crippen LogP contribution in [0.3, 0.4) is 0 Å². The number of carbonyl (C=O) groups is 1. The minimum atomic E-state index is -4.88. The third-order valence-corrected chi connectivity index (χ3v) is 7.30. The fourth-order valence-corrected chi connectivity index (χ4v) is 5.46. The van der Waals surface area contributed by atoms with Gasteiger partial charge in [0.15, 0.2) is 5.95 Å². The van der Waals surface area contributed by atoms with Crippen molar-refractivity contribution in [3.63, 3.8) is 0 Å². The highest BCUT2D eigenvalue weighted by Gasteiger charge is 2.34. The smallest absolute Gasteiger partial charge is 0.539 e. The van der Waals surface area contributed by atoms with E-state index in [1.54, 1.807) is 0 Å². The van der Waals surface area contributed by atoms with Crippen molar-refractivity contribution in [1.29, 1.82) is 0 Å². The van der Waals surface area contributed by atoms with Crippen molar-refractivity contribution < 1.29 is 37.0 Å². The number of nitrogens with two attached hydrogens (primary N) is 1. The normalized spacial score (nSPS) is 11.6. The van der Waals surface area contributed by atoms with Crippen LogP contribution in [0.15, 0.2) is 95.5 Å². The zero-order chi connectivity index (χ0) is 28.7. The number of anilines is 1. The van der Waals surface area contributed by atoms with Gasteiger partial charge < -0.3 is 20.1 Å². The third-order valence-electron chi connectivity index (χ3n) is 6.20. The van der Waals surface area contributed by atoms with Crippen LogP contribution in [-0.4, -0.2) is 22.4 Å². The predicted octanol–water partition coefficient (Wildman–Crippen LogP) is 5.68. The van der Waals surface area contributed by atoms with E-state index < -0.39 is 29.5 Å². The molecular weight excluding hydrogens is 557 g/mol. The number of fused-ring (bicyclic) bond motifs is 1. The Kier molecular flexibility index (Phi) is 6.39. The van der Waals surface area contributed by atoms with Crippen LogP contribution in [0.25, 0.3) is 38.3 Å². The van der Waals surface area contributed by atoms with Crippen molar-refractivity contribution in [1.82, 2.24) is 10.3 Å². The van der Waals surface area contributed by atoms with E-state index in [9.17, 15) is 23.1 Å². The molecule has 0 aliphatic heterocycles. The summed E-state index contributed by atoms with van der Waals surface area (Å²) in [5.41, 5.74) is 9.45. The number of nitrogens with zero attached hydrogens (tertiary/aromatic N) is 3. The highest BCUT2D eigenvalue weighted by Crippen LogP contribution is 2.42. The second-order valence-electron chi connectivity index (χ2n) is 8.80. The molecule has 12 heteroatoms. The van der Waals surface area contributed by atoms with Gasteiger partial charge in [-0.25, -0.2) is 4.98 Å². The molecule has 0 fully saturated rings. The predicted molar refractivity (Wildman–Crippen MR) is 143 cm³/mol. The van der Waals surface area contributed by atoms with Crippen molar-refractivity contribution in [2.45, 2.75) is 6.36 Å². The molecule has 0 saturated carbocycles. The lowest BCUT2D eigenvalue weighted by molar-refractivity contribution is -0.672. The summed E-state index contributed by atoms with van der Waals surface area (Å²) in [6.07, 6.45) is -4.88. The highest BCUT2D eigenvalue weighted by atomic mass is 32.1. The number of thiophene rings is 1. The van der Waals surface area contributed by atoms with Crippen molar-refractivity contribution in [2.75, 3.05) is 5.73 Å². The fraction of sp³-hybridized carbons (Fsp3) is 0.0345. The Morgan fingerprint density at radius 1 is 0.951 bits per heavy atom. The van der Waals surface area contributed by atoms with Crippen molar-refractivity contribution >= 4 is 33.0 Å². The summed E-state index contributed by atoms with van der Waals surface area (Å²) in [5.74, 6) is -2.29. The molecular formula is C29H17F3N4O4S. The number of ether oxygens (including phenoxy) is 1. The van der Waals surface area contributed by atoms with Crippen LogP contribution < -0.4 is 20.3 Å². The second kappa shape index (κ2) is 10.1. The van der Waals surface area contributed by atoms with E-state index in [1.165, 1.54) is 12.1 Å². The first-order valence-electron chi connectivity index (χ1n) is 12.0. The van der Waals surface area contributed by atoms with Gasteiger partial charge in [-0.2, -0.15) is 0 Å². The van der Waals surface area contributed by atoms with Crippen molar-refractivity contribution in [3.8, 4) is 39.8 Å². The molecule has 3 aromatic heterocycles. The van der Waals surface area contributed by atoms with E-state index in [0.29, 0.717) is 15.9 Å². The molecule has 6 rings (SSSR count). The summed E-state index contributed by atoms with van der Waals surface area (Å²) in [6, 6.07) is 25.3. The van der Waals surface area contributed by atoms with Gasteiger partial charge in [0, 0.05) is 23.1 Å². The Labute approximate surface area is 233 Å². The number of hydrogen-bond donors (Lipinski definition) is 1. The van der Waals surface area contributed by atoms with Gasteiger partial charge in [0.05, 0.1) is 16.7 Å². The lowest BCUT2D eigenvalue weighted by Crippen LogP contribution is -2.39. The van der Waals surface area contributed by atoms with Crippen LogP contribution >= 0.6 is 11.3 Å². The van der Waals surface area contributed by atoms with E-state index in [2.05, 4.69) is 10.0 Å². The average molecular weight is 575 g/mol. The summed E-state index contributed by atoms with van der Waals surface area (Å²) in [4.78, 5) is 19.1. The first-order chi connectivity index (χ1) is 19.7. The van der Waals surface area contributed by atoms with E-state index >= 15 is 0 Å². The number of halogens is 3. The molecule has 0 aliphatic rings. The molecule has 3 aromatic carbocycles. The summed E-state index contributed by atoms with van der Waals surface area (Å²) in [6.45, 7) is 0. The quantitative estimate of drug-likeness (QED) is 0.201. The number of pyridine rings is 1. The summed E-state index contributed by atoms with van der Waals surface area (Å²) < 4.78 is 47.2. The zero-order valence-electron chi connectivity index (χ0n) is 20.8. The molecule has 0 spiro atoms. The molecule has 0 saturated heterocycles. The molecule has 0 radical (unpaired) electrons.